The molecule has 0 aliphatic carbocycles. The van der Waals surface area contributed by atoms with Crippen LogP contribution in [-0.2, 0) is 0 Å². The van der Waals surface area contributed by atoms with Crippen molar-refractivity contribution < 1.29 is 23.8 Å². The van der Waals surface area contributed by atoms with Gasteiger partial charge in [-0.05, 0) is 83.9 Å². The first-order valence-electron chi connectivity index (χ1n) is 13.8. The molecule has 5 N–H and O–H groups in total. The van der Waals surface area contributed by atoms with E-state index in [-0.39, 0.29) is 5.91 Å². The third-order valence-corrected chi connectivity index (χ3v) is 6.82. The lowest BCUT2D eigenvalue weighted by atomic mass is 9.97. The molecular formula is C35H32N4O5. The number of anilines is 3. The molecule has 9 heteroatoms. The summed E-state index contributed by atoms with van der Waals surface area (Å²) in [5.74, 6) is 2.13. The molecule has 1 unspecified atom stereocenters. The number of benzene rings is 5. The second-order valence-electron chi connectivity index (χ2n) is 9.75. The van der Waals surface area contributed by atoms with E-state index in [4.69, 9.17) is 19.9 Å². The number of nitrogens with two attached hydrogens (primary N) is 1. The number of para-hydroxylation sites is 3. The Balaban J connectivity index is 1.34. The summed E-state index contributed by atoms with van der Waals surface area (Å²) in [6, 6.07) is 35.0. The van der Waals surface area contributed by atoms with Gasteiger partial charge in [0.25, 0.3) is 5.91 Å². The van der Waals surface area contributed by atoms with Crippen molar-refractivity contribution in [3.05, 3.63) is 138 Å². The van der Waals surface area contributed by atoms with E-state index in [2.05, 4.69) is 16.0 Å². The van der Waals surface area contributed by atoms with Crippen molar-refractivity contribution in [1.82, 2.24) is 5.32 Å². The van der Waals surface area contributed by atoms with Crippen LogP contribution in [0.15, 0.2) is 121 Å². The average Bonchev–Trinajstić information content (AvgIpc) is 3.06. The fourth-order valence-corrected chi connectivity index (χ4v) is 4.55. The van der Waals surface area contributed by atoms with E-state index in [1.165, 1.54) is 0 Å². The first kappa shape index (κ1) is 29.5. The minimum Gasteiger partial charge on any atom is -0.493 e. The Kier molecular flexibility index (Phi) is 9.26. The summed E-state index contributed by atoms with van der Waals surface area (Å²) in [5, 5.41) is 8.75. The van der Waals surface area contributed by atoms with Crippen molar-refractivity contribution >= 4 is 29.0 Å². The van der Waals surface area contributed by atoms with Gasteiger partial charge < -0.3 is 35.9 Å². The van der Waals surface area contributed by atoms with E-state index in [1.54, 1.807) is 99.1 Å². The van der Waals surface area contributed by atoms with Gasteiger partial charge in [0.15, 0.2) is 11.5 Å². The standard InChI is InChI=1S/C35H32N4O5/c1-42-31-21-16-25(22-32(31)43-2)33(23-12-14-24(15-13-23)34(40)38-30-11-7-6-10-29(30)36)39-35(41)37-26-17-19-28(20-18-26)44-27-8-4-3-5-9-27/h3-22,33H,36H2,1-2H3,(H,38,40)(H2,37,39,41). The molecule has 44 heavy (non-hydrogen) atoms. The monoisotopic (exact) mass is 588 g/mol. The molecule has 0 bridgehead atoms. The van der Waals surface area contributed by atoms with Crippen LogP contribution in [0.1, 0.15) is 27.5 Å². The number of rotatable bonds is 10. The van der Waals surface area contributed by atoms with E-state index < -0.39 is 12.1 Å². The summed E-state index contributed by atoms with van der Waals surface area (Å²) in [5.41, 5.74) is 9.49. The van der Waals surface area contributed by atoms with Crippen LogP contribution >= 0.6 is 0 Å². The third kappa shape index (κ3) is 7.27. The molecule has 3 amide bonds. The van der Waals surface area contributed by atoms with Crippen molar-refractivity contribution in [3.8, 4) is 23.0 Å². The Hall–Kier alpha value is -5.96. The zero-order valence-corrected chi connectivity index (χ0v) is 24.2. The number of carbonyl (C=O) groups excluding carboxylic acids is 2. The van der Waals surface area contributed by atoms with Gasteiger partial charge in [0.1, 0.15) is 11.5 Å². The highest BCUT2D eigenvalue weighted by atomic mass is 16.5. The number of carbonyl (C=O) groups is 2. The third-order valence-electron chi connectivity index (χ3n) is 6.82. The summed E-state index contributed by atoms with van der Waals surface area (Å²) in [6.07, 6.45) is 0. The number of amides is 3. The van der Waals surface area contributed by atoms with E-state index in [0.29, 0.717) is 39.9 Å². The average molecular weight is 589 g/mol. The quantitative estimate of drug-likeness (QED) is 0.128. The van der Waals surface area contributed by atoms with Gasteiger partial charge in [0.2, 0.25) is 0 Å². The van der Waals surface area contributed by atoms with Crippen LogP contribution in [0.25, 0.3) is 0 Å². The van der Waals surface area contributed by atoms with Gasteiger partial charge in [-0.3, -0.25) is 4.79 Å². The van der Waals surface area contributed by atoms with E-state index in [1.807, 2.05) is 36.4 Å². The fourth-order valence-electron chi connectivity index (χ4n) is 4.55. The van der Waals surface area contributed by atoms with Crippen LogP contribution < -0.4 is 35.9 Å². The normalized spacial score (nSPS) is 11.1. The number of methoxy groups -OCH3 is 2. The maximum absolute atomic E-state index is 13.2. The molecule has 0 aliphatic rings. The van der Waals surface area contributed by atoms with E-state index in [9.17, 15) is 9.59 Å². The lowest BCUT2D eigenvalue weighted by Gasteiger charge is -2.22. The largest absolute Gasteiger partial charge is 0.493 e. The highest BCUT2D eigenvalue weighted by molar-refractivity contribution is 6.05. The predicted molar refractivity (Wildman–Crippen MR) is 172 cm³/mol. The van der Waals surface area contributed by atoms with Crippen LogP contribution in [0.5, 0.6) is 23.0 Å². The molecule has 222 valence electrons. The topological polar surface area (TPSA) is 124 Å². The molecule has 0 aliphatic heterocycles. The molecule has 0 heterocycles. The minimum atomic E-state index is -0.586. The number of ether oxygens (including phenoxy) is 3. The molecular weight excluding hydrogens is 556 g/mol. The number of nitrogen functional groups attached to an aromatic ring is 1. The van der Waals surface area contributed by atoms with Gasteiger partial charge >= 0.3 is 6.03 Å². The Morgan fingerprint density at radius 2 is 1.30 bits per heavy atom. The highest BCUT2D eigenvalue weighted by Crippen LogP contribution is 2.33. The smallest absolute Gasteiger partial charge is 0.319 e. The molecule has 0 spiro atoms. The molecule has 0 saturated heterocycles. The zero-order chi connectivity index (χ0) is 30.9. The van der Waals surface area contributed by atoms with Crippen LogP contribution in [0.2, 0.25) is 0 Å². The zero-order valence-electron chi connectivity index (χ0n) is 24.2. The van der Waals surface area contributed by atoms with Crippen LogP contribution in [0.4, 0.5) is 21.9 Å². The predicted octanol–water partition coefficient (Wildman–Crippen LogP) is 7.24. The summed E-state index contributed by atoms with van der Waals surface area (Å²) >= 11 is 0. The second-order valence-corrected chi connectivity index (χ2v) is 9.75. The number of nitrogens with one attached hydrogen (secondary N) is 3. The van der Waals surface area contributed by atoms with Gasteiger partial charge in [-0.15, -0.1) is 0 Å². The first-order valence-corrected chi connectivity index (χ1v) is 13.8. The summed E-state index contributed by atoms with van der Waals surface area (Å²) in [4.78, 5) is 26.1. The van der Waals surface area contributed by atoms with E-state index in [0.717, 1.165) is 16.9 Å². The summed E-state index contributed by atoms with van der Waals surface area (Å²) in [6.45, 7) is 0. The number of hydrogen-bond donors (Lipinski definition) is 4. The maximum Gasteiger partial charge on any atom is 0.319 e. The maximum atomic E-state index is 13.2. The summed E-state index contributed by atoms with van der Waals surface area (Å²) in [7, 11) is 3.11. The SMILES string of the molecule is COc1ccc(C(NC(=O)Nc2ccc(Oc3ccccc3)cc2)c2ccc(C(=O)Nc3ccccc3N)cc2)cc1OC. The van der Waals surface area contributed by atoms with Gasteiger partial charge in [0.05, 0.1) is 31.6 Å². The van der Waals surface area contributed by atoms with Crippen LogP contribution in [-0.4, -0.2) is 26.2 Å². The summed E-state index contributed by atoms with van der Waals surface area (Å²) < 4.78 is 16.7. The lowest BCUT2D eigenvalue weighted by Crippen LogP contribution is -2.33. The van der Waals surface area contributed by atoms with Crippen molar-refractivity contribution in [2.75, 3.05) is 30.6 Å². The Labute approximate surface area is 255 Å². The van der Waals surface area contributed by atoms with Gasteiger partial charge in [0, 0.05) is 11.3 Å². The Morgan fingerprint density at radius 1 is 0.659 bits per heavy atom. The molecule has 0 radical (unpaired) electrons. The molecule has 0 saturated carbocycles. The number of urea groups is 1. The first-order chi connectivity index (χ1) is 21.4. The molecule has 5 aromatic rings. The van der Waals surface area contributed by atoms with E-state index >= 15 is 0 Å². The van der Waals surface area contributed by atoms with Crippen LogP contribution in [0, 0.1) is 0 Å². The van der Waals surface area contributed by atoms with Gasteiger partial charge in [-0.1, -0.05) is 48.5 Å². The molecule has 0 aromatic heterocycles. The Morgan fingerprint density at radius 3 is 1.98 bits per heavy atom. The van der Waals surface area contributed by atoms with Crippen molar-refractivity contribution in [2.24, 2.45) is 0 Å². The highest BCUT2D eigenvalue weighted by Gasteiger charge is 2.20. The Bertz CT molecular complexity index is 1730. The molecule has 5 rings (SSSR count). The lowest BCUT2D eigenvalue weighted by molar-refractivity contribution is 0.102. The minimum absolute atomic E-state index is 0.303. The fraction of sp³-hybridized carbons (Fsp3) is 0.0857. The van der Waals surface area contributed by atoms with Gasteiger partial charge in [-0.2, -0.15) is 0 Å². The molecule has 9 nitrogen and oxygen atoms in total. The van der Waals surface area contributed by atoms with Crippen LogP contribution in [0.3, 0.4) is 0 Å². The van der Waals surface area contributed by atoms with Gasteiger partial charge in [-0.25, -0.2) is 4.79 Å². The number of hydrogen-bond acceptors (Lipinski definition) is 6. The molecule has 5 aromatic carbocycles. The van der Waals surface area contributed by atoms with Crippen molar-refractivity contribution in [3.63, 3.8) is 0 Å². The molecule has 0 fully saturated rings. The second kappa shape index (κ2) is 13.8. The molecule has 1 atom stereocenters. The van der Waals surface area contributed by atoms with Crippen molar-refractivity contribution in [2.45, 2.75) is 6.04 Å². The van der Waals surface area contributed by atoms with Crippen molar-refractivity contribution in [1.29, 1.82) is 0 Å².